The average molecular weight is 176 g/mol. The van der Waals surface area contributed by atoms with Crippen molar-refractivity contribution in [3.63, 3.8) is 0 Å². The summed E-state index contributed by atoms with van der Waals surface area (Å²) < 4.78 is -0.0357. The van der Waals surface area contributed by atoms with Crippen LogP contribution >= 0.6 is 11.8 Å². The van der Waals surface area contributed by atoms with E-state index in [1.165, 1.54) is 11.8 Å². The Kier molecular flexibility index (Phi) is 4.11. The zero-order valence-electron chi connectivity index (χ0n) is 7.55. The van der Waals surface area contributed by atoms with Crippen LogP contribution in [0.2, 0.25) is 0 Å². The molecule has 0 saturated carbocycles. The summed E-state index contributed by atoms with van der Waals surface area (Å²) in [7, 11) is 0. The normalized spacial score (nSPS) is 14.6. The summed E-state index contributed by atoms with van der Waals surface area (Å²) in [5.41, 5.74) is 0. The van der Waals surface area contributed by atoms with E-state index >= 15 is 0 Å². The minimum Gasteiger partial charge on any atom is -0.393 e. The van der Waals surface area contributed by atoms with Gasteiger partial charge >= 0.3 is 0 Å². The number of carbonyl (C=O) groups excluding carboxylic acids is 1. The zero-order chi connectivity index (χ0) is 9.07. The van der Waals surface area contributed by atoms with Gasteiger partial charge in [0, 0.05) is 11.2 Å². The zero-order valence-corrected chi connectivity index (χ0v) is 8.36. The van der Waals surface area contributed by atoms with Crippen molar-refractivity contribution >= 4 is 16.9 Å². The van der Waals surface area contributed by atoms with Crippen molar-refractivity contribution in [1.82, 2.24) is 0 Å². The summed E-state index contributed by atoms with van der Waals surface area (Å²) in [5.74, 6) is 0. The molecule has 0 unspecified atom stereocenters. The van der Waals surface area contributed by atoms with Crippen LogP contribution in [0.15, 0.2) is 0 Å². The Morgan fingerprint density at radius 3 is 2.27 bits per heavy atom. The van der Waals surface area contributed by atoms with Crippen LogP contribution in [-0.2, 0) is 4.79 Å². The van der Waals surface area contributed by atoms with Gasteiger partial charge in [0.2, 0.25) is 0 Å². The van der Waals surface area contributed by atoms with E-state index < -0.39 is 6.10 Å². The van der Waals surface area contributed by atoms with Gasteiger partial charge in [0.15, 0.2) is 5.12 Å². The molecule has 66 valence electrons. The van der Waals surface area contributed by atoms with Crippen molar-refractivity contribution in [2.24, 2.45) is 0 Å². The van der Waals surface area contributed by atoms with Gasteiger partial charge in [-0.25, -0.2) is 0 Å². The molecular weight excluding hydrogens is 160 g/mol. The van der Waals surface area contributed by atoms with Gasteiger partial charge in [0.05, 0.1) is 6.10 Å². The summed E-state index contributed by atoms with van der Waals surface area (Å²) in [6.07, 6.45) is -0.264. The number of hydrogen-bond donors (Lipinski definition) is 1. The van der Waals surface area contributed by atoms with Gasteiger partial charge in [-0.3, -0.25) is 4.79 Å². The molecule has 0 saturated heterocycles. The van der Waals surface area contributed by atoms with Crippen LogP contribution in [0.3, 0.4) is 0 Å². The third kappa shape index (κ3) is 7.88. The number of aliphatic hydroxyl groups is 1. The Labute approximate surface area is 72.4 Å². The molecule has 0 fully saturated rings. The largest absolute Gasteiger partial charge is 0.393 e. The number of thioether (sulfide) groups is 1. The fourth-order valence-corrected chi connectivity index (χ4v) is 1.63. The molecule has 3 heteroatoms. The average Bonchev–Trinajstić information content (AvgIpc) is 1.53. The SMILES string of the molecule is C[C@@H](O)CC(=O)SC(C)(C)C. The molecule has 0 heterocycles. The minimum absolute atomic E-state index is 0.0357. The van der Waals surface area contributed by atoms with Gasteiger partial charge in [-0.1, -0.05) is 32.5 Å². The first-order valence-electron chi connectivity index (χ1n) is 3.71. The first-order chi connectivity index (χ1) is 4.81. The standard InChI is InChI=1S/C8H16O2S/c1-6(9)5-7(10)11-8(2,3)4/h6,9H,5H2,1-4H3/t6-/m1/s1. The lowest BCUT2D eigenvalue weighted by Gasteiger charge is -2.16. The number of rotatable bonds is 2. The Hall–Kier alpha value is -0.0200. The minimum atomic E-state index is -0.516. The second-order valence-corrected chi connectivity index (χ2v) is 5.52. The van der Waals surface area contributed by atoms with Crippen LogP contribution in [0.4, 0.5) is 0 Å². The first-order valence-corrected chi connectivity index (χ1v) is 4.53. The monoisotopic (exact) mass is 176 g/mol. The van der Waals surface area contributed by atoms with Crippen molar-refractivity contribution in [2.75, 3.05) is 0 Å². The van der Waals surface area contributed by atoms with Crippen LogP contribution in [0.25, 0.3) is 0 Å². The van der Waals surface area contributed by atoms with Crippen LogP contribution < -0.4 is 0 Å². The second-order valence-electron chi connectivity index (χ2n) is 3.64. The molecule has 0 aliphatic carbocycles. The molecule has 0 radical (unpaired) electrons. The third-order valence-corrected chi connectivity index (χ3v) is 1.89. The molecule has 1 atom stereocenters. The highest BCUT2D eigenvalue weighted by Gasteiger charge is 2.17. The summed E-state index contributed by atoms with van der Waals surface area (Å²) in [5, 5.41) is 8.95. The second kappa shape index (κ2) is 4.12. The lowest BCUT2D eigenvalue weighted by molar-refractivity contribution is -0.112. The molecule has 0 aromatic heterocycles. The fraction of sp³-hybridized carbons (Fsp3) is 0.875. The van der Waals surface area contributed by atoms with E-state index in [-0.39, 0.29) is 16.3 Å². The smallest absolute Gasteiger partial charge is 0.192 e. The topological polar surface area (TPSA) is 37.3 Å². The van der Waals surface area contributed by atoms with Crippen molar-refractivity contribution in [3.8, 4) is 0 Å². The summed E-state index contributed by atoms with van der Waals surface area (Å²) in [4.78, 5) is 11.1. The number of hydrogen-bond acceptors (Lipinski definition) is 3. The van der Waals surface area contributed by atoms with Gasteiger partial charge in [-0.2, -0.15) is 0 Å². The lowest BCUT2D eigenvalue weighted by Crippen LogP contribution is -2.15. The maximum absolute atomic E-state index is 11.1. The Morgan fingerprint density at radius 2 is 2.00 bits per heavy atom. The van der Waals surface area contributed by atoms with E-state index in [9.17, 15) is 4.79 Å². The van der Waals surface area contributed by atoms with E-state index in [2.05, 4.69) is 0 Å². The number of aliphatic hydroxyl groups excluding tert-OH is 1. The van der Waals surface area contributed by atoms with Gasteiger partial charge in [-0.15, -0.1) is 0 Å². The van der Waals surface area contributed by atoms with Gasteiger partial charge in [0.25, 0.3) is 0 Å². The molecule has 2 nitrogen and oxygen atoms in total. The molecule has 0 aromatic rings. The van der Waals surface area contributed by atoms with Crippen molar-refractivity contribution in [1.29, 1.82) is 0 Å². The molecule has 0 amide bonds. The Bertz CT molecular complexity index is 136. The quantitative estimate of drug-likeness (QED) is 0.697. The number of carbonyl (C=O) groups is 1. The molecule has 0 aromatic carbocycles. The van der Waals surface area contributed by atoms with Crippen LogP contribution in [-0.4, -0.2) is 21.1 Å². The molecule has 11 heavy (non-hydrogen) atoms. The molecular formula is C8H16O2S. The van der Waals surface area contributed by atoms with Crippen molar-refractivity contribution < 1.29 is 9.90 Å². The highest BCUT2D eigenvalue weighted by Crippen LogP contribution is 2.25. The summed E-state index contributed by atoms with van der Waals surface area (Å²) >= 11 is 1.29. The molecule has 1 N–H and O–H groups in total. The van der Waals surface area contributed by atoms with Crippen LogP contribution in [0.5, 0.6) is 0 Å². The fourth-order valence-electron chi connectivity index (χ4n) is 0.624. The molecule has 0 bridgehead atoms. The molecule has 0 aliphatic heterocycles. The van der Waals surface area contributed by atoms with E-state index in [0.717, 1.165) is 0 Å². The Balaban J connectivity index is 3.71. The molecule has 0 rings (SSSR count). The Morgan fingerprint density at radius 1 is 1.55 bits per heavy atom. The van der Waals surface area contributed by atoms with Gasteiger partial charge in [0.1, 0.15) is 0 Å². The predicted molar refractivity (Wildman–Crippen MR) is 48.6 cm³/mol. The van der Waals surface area contributed by atoms with Gasteiger partial charge in [-0.05, 0) is 6.92 Å². The predicted octanol–water partition coefficient (Wildman–Crippen LogP) is 1.82. The van der Waals surface area contributed by atoms with E-state index in [1.54, 1.807) is 6.92 Å². The highest BCUT2D eigenvalue weighted by molar-refractivity contribution is 8.14. The summed E-state index contributed by atoms with van der Waals surface area (Å²) in [6.45, 7) is 7.58. The van der Waals surface area contributed by atoms with Crippen LogP contribution in [0, 0.1) is 0 Å². The van der Waals surface area contributed by atoms with Crippen LogP contribution in [0.1, 0.15) is 34.1 Å². The molecule has 0 aliphatic rings. The third-order valence-electron chi connectivity index (χ3n) is 0.882. The maximum atomic E-state index is 11.1. The maximum Gasteiger partial charge on any atom is 0.192 e. The van der Waals surface area contributed by atoms with Gasteiger partial charge < -0.3 is 5.11 Å². The van der Waals surface area contributed by atoms with E-state index in [1.807, 2.05) is 20.8 Å². The molecule has 0 spiro atoms. The summed E-state index contributed by atoms with van der Waals surface area (Å²) in [6, 6.07) is 0. The van der Waals surface area contributed by atoms with Crippen molar-refractivity contribution in [3.05, 3.63) is 0 Å². The van der Waals surface area contributed by atoms with E-state index in [4.69, 9.17) is 5.11 Å². The highest BCUT2D eigenvalue weighted by atomic mass is 32.2. The lowest BCUT2D eigenvalue weighted by atomic mass is 10.3. The van der Waals surface area contributed by atoms with Crippen molar-refractivity contribution in [2.45, 2.75) is 45.0 Å². The first kappa shape index (κ1) is 11.0. The van der Waals surface area contributed by atoms with E-state index in [0.29, 0.717) is 0 Å².